The van der Waals surface area contributed by atoms with Crippen LogP contribution in [-0.2, 0) is 0 Å². The predicted molar refractivity (Wildman–Crippen MR) is 132 cm³/mol. The molecule has 0 aliphatic carbocycles. The number of ether oxygens (including phenoxy) is 3. The summed E-state index contributed by atoms with van der Waals surface area (Å²) in [5.74, 6) is 1.40. The standard InChI is InChI=1S/C24H23IN2O4/c1-4-10-31-23-20(25)11-16(12-22(23)30-5-2)15-26-27-24(28)19-13-17-8-6-7-9-18(17)14-21(19)29-3/h4,6-9,11-15H,1,5,10H2,2-3H3,(H,27,28)/b26-15-. The molecule has 3 aromatic rings. The molecule has 7 heteroatoms. The summed E-state index contributed by atoms with van der Waals surface area (Å²) in [6.07, 6.45) is 3.24. The number of halogens is 1. The van der Waals surface area contributed by atoms with Crippen LogP contribution in [0.3, 0.4) is 0 Å². The minimum atomic E-state index is -0.357. The minimum absolute atomic E-state index is 0.357. The predicted octanol–water partition coefficient (Wildman–Crippen LogP) is 5.18. The fourth-order valence-corrected chi connectivity index (χ4v) is 3.78. The van der Waals surface area contributed by atoms with Gasteiger partial charge in [0.05, 0.1) is 29.1 Å². The number of benzene rings is 3. The molecule has 0 aliphatic rings. The van der Waals surface area contributed by atoms with Gasteiger partial charge in [-0.3, -0.25) is 4.79 Å². The number of methoxy groups -OCH3 is 1. The zero-order valence-electron chi connectivity index (χ0n) is 17.4. The molecule has 0 saturated carbocycles. The summed E-state index contributed by atoms with van der Waals surface area (Å²) < 4.78 is 17.7. The first-order valence-corrected chi connectivity index (χ1v) is 10.8. The highest BCUT2D eigenvalue weighted by molar-refractivity contribution is 14.1. The van der Waals surface area contributed by atoms with Gasteiger partial charge in [-0.15, -0.1) is 0 Å². The average molecular weight is 530 g/mol. The maximum Gasteiger partial charge on any atom is 0.275 e. The number of hydrazone groups is 1. The van der Waals surface area contributed by atoms with Gasteiger partial charge in [0.25, 0.3) is 5.91 Å². The Kier molecular flexibility index (Phi) is 7.88. The topological polar surface area (TPSA) is 69.2 Å². The van der Waals surface area contributed by atoms with E-state index in [-0.39, 0.29) is 5.91 Å². The Morgan fingerprint density at radius 1 is 1.13 bits per heavy atom. The second kappa shape index (κ2) is 10.8. The van der Waals surface area contributed by atoms with Crippen LogP contribution in [0.2, 0.25) is 0 Å². The quantitative estimate of drug-likeness (QED) is 0.179. The molecule has 0 fully saturated rings. The van der Waals surface area contributed by atoms with Crippen LogP contribution in [-0.4, -0.2) is 32.4 Å². The molecule has 0 aromatic heterocycles. The monoisotopic (exact) mass is 530 g/mol. The number of carbonyl (C=O) groups is 1. The summed E-state index contributed by atoms with van der Waals surface area (Å²) in [7, 11) is 1.54. The fraction of sp³-hybridized carbons (Fsp3) is 0.167. The summed E-state index contributed by atoms with van der Waals surface area (Å²) in [5, 5.41) is 6.06. The number of rotatable bonds is 9. The van der Waals surface area contributed by atoms with Gasteiger partial charge < -0.3 is 14.2 Å². The second-order valence-corrected chi connectivity index (χ2v) is 7.62. The first-order valence-electron chi connectivity index (χ1n) is 9.67. The lowest BCUT2D eigenvalue weighted by Crippen LogP contribution is -2.18. The first-order chi connectivity index (χ1) is 15.1. The van der Waals surface area contributed by atoms with Crippen LogP contribution in [0.4, 0.5) is 0 Å². The zero-order valence-corrected chi connectivity index (χ0v) is 19.5. The van der Waals surface area contributed by atoms with E-state index >= 15 is 0 Å². The molecular weight excluding hydrogens is 507 g/mol. The number of carbonyl (C=O) groups excluding carboxylic acids is 1. The maximum absolute atomic E-state index is 12.7. The summed E-state index contributed by atoms with van der Waals surface area (Å²) in [5.41, 5.74) is 3.75. The summed E-state index contributed by atoms with van der Waals surface area (Å²) in [6, 6.07) is 15.1. The van der Waals surface area contributed by atoms with Crippen molar-refractivity contribution in [2.45, 2.75) is 6.92 Å². The Balaban J connectivity index is 1.80. The summed E-state index contributed by atoms with van der Waals surface area (Å²) in [4.78, 5) is 12.7. The average Bonchev–Trinajstić information content (AvgIpc) is 2.77. The van der Waals surface area contributed by atoms with Crippen molar-refractivity contribution in [2.24, 2.45) is 5.10 Å². The highest BCUT2D eigenvalue weighted by Gasteiger charge is 2.14. The molecule has 3 aromatic carbocycles. The fourth-order valence-electron chi connectivity index (χ4n) is 3.00. The lowest BCUT2D eigenvalue weighted by Gasteiger charge is -2.13. The van der Waals surface area contributed by atoms with Crippen LogP contribution < -0.4 is 19.6 Å². The first kappa shape index (κ1) is 22.6. The molecule has 0 bridgehead atoms. The molecule has 1 amide bonds. The van der Waals surface area contributed by atoms with Gasteiger partial charge in [0.2, 0.25) is 0 Å². The normalized spacial score (nSPS) is 10.8. The van der Waals surface area contributed by atoms with Crippen LogP contribution in [0.15, 0.2) is 66.3 Å². The Morgan fingerprint density at radius 2 is 1.87 bits per heavy atom. The van der Waals surface area contributed by atoms with E-state index in [1.807, 2.05) is 49.4 Å². The van der Waals surface area contributed by atoms with Gasteiger partial charge in [0, 0.05) is 0 Å². The molecule has 3 rings (SSSR count). The Morgan fingerprint density at radius 3 is 2.55 bits per heavy atom. The van der Waals surface area contributed by atoms with Crippen LogP contribution >= 0.6 is 22.6 Å². The van der Waals surface area contributed by atoms with E-state index < -0.39 is 0 Å². The number of nitrogens with one attached hydrogen (secondary N) is 1. The lowest BCUT2D eigenvalue weighted by molar-refractivity contribution is 0.0952. The van der Waals surface area contributed by atoms with Gasteiger partial charge in [-0.1, -0.05) is 36.9 Å². The number of amides is 1. The van der Waals surface area contributed by atoms with Crippen LogP contribution in [0.1, 0.15) is 22.8 Å². The van der Waals surface area contributed by atoms with Gasteiger partial charge in [-0.25, -0.2) is 5.43 Å². The van der Waals surface area contributed by atoms with Gasteiger partial charge in [0.15, 0.2) is 11.5 Å². The molecule has 0 radical (unpaired) electrons. The second-order valence-electron chi connectivity index (χ2n) is 6.46. The third kappa shape index (κ3) is 5.55. The Labute approximate surface area is 195 Å². The number of fused-ring (bicyclic) bond motifs is 1. The van der Waals surface area contributed by atoms with Crippen LogP contribution in [0.5, 0.6) is 17.2 Å². The third-order valence-electron chi connectivity index (χ3n) is 4.37. The van der Waals surface area contributed by atoms with Crippen molar-refractivity contribution >= 4 is 45.5 Å². The minimum Gasteiger partial charge on any atom is -0.496 e. The van der Waals surface area contributed by atoms with Crippen molar-refractivity contribution in [1.82, 2.24) is 5.43 Å². The molecule has 160 valence electrons. The SMILES string of the molecule is C=CCOc1c(I)cc(/C=N\NC(=O)c2cc3ccccc3cc2OC)cc1OCC. The molecule has 0 aliphatic heterocycles. The number of hydrogen-bond acceptors (Lipinski definition) is 5. The van der Waals surface area contributed by atoms with E-state index in [1.54, 1.807) is 18.4 Å². The van der Waals surface area contributed by atoms with E-state index in [0.717, 1.165) is 19.9 Å². The molecule has 0 heterocycles. The van der Waals surface area contributed by atoms with Crippen molar-refractivity contribution in [2.75, 3.05) is 20.3 Å². The molecule has 0 unspecified atom stereocenters. The smallest absolute Gasteiger partial charge is 0.275 e. The third-order valence-corrected chi connectivity index (χ3v) is 5.17. The van der Waals surface area contributed by atoms with Crippen LogP contribution in [0, 0.1) is 3.57 Å². The van der Waals surface area contributed by atoms with E-state index in [9.17, 15) is 4.79 Å². The van der Waals surface area contributed by atoms with Crippen molar-refractivity contribution in [3.05, 3.63) is 75.9 Å². The molecule has 0 atom stereocenters. The van der Waals surface area contributed by atoms with Crippen LogP contribution in [0.25, 0.3) is 10.8 Å². The molecule has 0 spiro atoms. The van der Waals surface area contributed by atoms with E-state index in [0.29, 0.717) is 36.0 Å². The van der Waals surface area contributed by atoms with Gasteiger partial charge >= 0.3 is 0 Å². The van der Waals surface area contributed by atoms with Crippen molar-refractivity contribution in [1.29, 1.82) is 0 Å². The number of nitrogens with zero attached hydrogens (tertiary/aromatic N) is 1. The maximum atomic E-state index is 12.7. The molecular formula is C24H23IN2O4. The van der Waals surface area contributed by atoms with E-state index in [4.69, 9.17) is 14.2 Å². The molecule has 6 nitrogen and oxygen atoms in total. The molecule has 0 saturated heterocycles. The van der Waals surface area contributed by atoms with Gasteiger partial charge in [0.1, 0.15) is 12.4 Å². The lowest BCUT2D eigenvalue weighted by atomic mass is 10.1. The summed E-state index contributed by atoms with van der Waals surface area (Å²) >= 11 is 2.18. The highest BCUT2D eigenvalue weighted by Crippen LogP contribution is 2.34. The Bertz CT molecular complexity index is 1130. The zero-order chi connectivity index (χ0) is 22.2. The Hall–Kier alpha value is -3.07. The van der Waals surface area contributed by atoms with Crippen molar-refractivity contribution < 1.29 is 19.0 Å². The van der Waals surface area contributed by atoms with E-state index in [1.165, 1.54) is 7.11 Å². The molecule has 1 N–H and O–H groups in total. The number of hydrogen-bond donors (Lipinski definition) is 1. The largest absolute Gasteiger partial charge is 0.496 e. The van der Waals surface area contributed by atoms with Gasteiger partial charge in [-0.05, 0) is 70.1 Å². The molecule has 31 heavy (non-hydrogen) atoms. The van der Waals surface area contributed by atoms with E-state index in [2.05, 4.69) is 39.7 Å². The highest BCUT2D eigenvalue weighted by atomic mass is 127. The van der Waals surface area contributed by atoms with Gasteiger partial charge in [-0.2, -0.15) is 5.10 Å². The van der Waals surface area contributed by atoms with Crippen molar-refractivity contribution in [3.63, 3.8) is 0 Å². The van der Waals surface area contributed by atoms with Crippen molar-refractivity contribution in [3.8, 4) is 17.2 Å². The summed E-state index contributed by atoms with van der Waals surface area (Å²) in [6.45, 7) is 6.46.